The van der Waals surface area contributed by atoms with Crippen molar-refractivity contribution in [1.29, 1.82) is 0 Å². The number of nitrogens with zero attached hydrogens (tertiary/aromatic N) is 2. The fraction of sp³-hybridized carbons (Fsp3) is 0.308. The molecule has 0 fully saturated rings. The average molecular weight is 230 g/mol. The van der Waals surface area contributed by atoms with Crippen molar-refractivity contribution in [3.05, 3.63) is 42.1 Å². The van der Waals surface area contributed by atoms with Gasteiger partial charge in [-0.25, -0.2) is 0 Å². The molecular formula is C13H18N4. The van der Waals surface area contributed by atoms with E-state index in [0.29, 0.717) is 0 Å². The maximum atomic E-state index is 5.64. The molecule has 17 heavy (non-hydrogen) atoms. The molecule has 0 aliphatic rings. The first-order valence-electron chi connectivity index (χ1n) is 5.67. The topological polar surface area (TPSA) is 54.2 Å². The van der Waals surface area contributed by atoms with E-state index < -0.39 is 0 Å². The van der Waals surface area contributed by atoms with Gasteiger partial charge in [0.2, 0.25) is 0 Å². The first kappa shape index (κ1) is 12.0. The van der Waals surface area contributed by atoms with E-state index in [1.807, 2.05) is 32.4 Å². The average Bonchev–Trinajstić information content (AvgIpc) is 2.35. The summed E-state index contributed by atoms with van der Waals surface area (Å²) in [6.07, 6.45) is 1.81. The van der Waals surface area contributed by atoms with Crippen LogP contribution in [0.5, 0.6) is 0 Å². The summed E-state index contributed by atoms with van der Waals surface area (Å²) in [5, 5.41) is 1.14. The van der Waals surface area contributed by atoms with Crippen LogP contribution in [0.15, 0.2) is 36.5 Å². The van der Waals surface area contributed by atoms with Gasteiger partial charge in [0.15, 0.2) is 0 Å². The largest absolute Gasteiger partial charge is 0.307 e. The molecule has 0 aliphatic carbocycles. The number of benzene rings is 1. The van der Waals surface area contributed by atoms with Crippen LogP contribution in [0.2, 0.25) is 0 Å². The van der Waals surface area contributed by atoms with Gasteiger partial charge in [0.25, 0.3) is 0 Å². The van der Waals surface area contributed by atoms with Gasteiger partial charge < -0.3 is 4.90 Å². The van der Waals surface area contributed by atoms with E-state index in [0.717, 1.165) is 23.0 Å². The number of likely N-dealkylation sites (N-methyl/N-ethyl adjacent to an activating group) is 1. The lowest BCUT2D eigenvalue weighted by molar-refractivity contribution is 0.345. The Morgan fingerprint density at radius 1 is 1.29 bits per heavy atom. The summed E-state index contributed by atoms with van der Waals surface area (Å²) in [6, 6.07) is 10.3. The quantitative estimate of drug-likeness (QED) is 0.614. The monoisotopic (exact) mass is 230 g/mol. The van der Waals surface area contributed by atoms with Crippen molar-refractivity contribution < 1.29 is 0 Å². The van der Waals surface area contributed by atoms with Gasteiger partial charge in [-0.15, -0.1) is 0 Å². The molecule has 2 aromatic rings. The van der Waals surface area contributed by atoms with Crippen LogP contribution in [0.25, 0.3) is 10.9 Å². The van der Waals surface area contributed by atoms with Crippen LogP contribution >= 0.6 is 0 Å². The van der Waals surface area contributed by atoms with Crippen molar-refractivity contribution in [2.24, 2.45) is 5.84 Å². The number of rotatable bonds is 4. The number of hydrazine groups is 1. The molecule has 1 unspecified atom stereocenters. The van der Waals surface area contributed by atoms with Crippen molar-refractivity contribution in [3.8, 4) is 0 Å². The summed E-state index contributed by atoms with van der Waals surface area (Å²) < 4.78 is 0. The summed E-state index contributed by atoms with van der Waals surface area (Å²) in [7, 11) is 4.06. The van der Waals surface area contributed by atoms with Gasteiger partial charge in [0.05, 0.1) is 11.6 Å². The SMILES string of the molecule is CN(C)CC(NN)c1cccc2cccnc12. The highest BCUT2D eigenvalue weighted by atomic mass is 15.3. The third-order valence-electron chi connectivity index (χ3n) is 2.79. The van der Waals surface area contributed by atoms with Crippen LogP contribution < -0.4 is 11.3 Å². The Bertz CT molecular complexity index is 490. The van der Waals surface area contributed by atoms with Gasteiger partial charge in [-0.05, 0) is 25.7 Å². The molecule has 0 amide bonds. The number of nitrogens with one attached hydrogen (secondary N) is 1. The molecule has 1 aromatic carbocycles. The van der Waals surface area contributed by atoms with E-state index in [-0.39, 0.29) is 6.04 Å². The molecule has 1 atom stereocenters. The molecule has 0 radical (unpaired) electrons. The minimum absolute atomic E-state index is 0.0867. The zero-order chi connectivity index (χ0) is 12.3. The summed E-state index contributed by atoms with van der Waals surface area (Å²) in [5.74, 6) is 5.64. The maximum absolute atomic E-state index is 5.64. The lowest BCUT2D eigenvalue weighted by atomic mass is 10.0. The number of fused-ring (bicyclic) bond motifs is 1. The molecule has 4 heteroatoms. The van der Waals surface area contributed by atoms with Crippen LogP contribution in [0.1, 0.15) is 11.6 Å². The number of aromatic nitrogens is 1. The summed E-state index contributed by atoms with van der Waals surface area (Å²) in [4.78, 5) is 6.55. The minimum Gasteiger partial charge on any atom is -0.307 e. The van der Waals surface area contributed by atoms with E-state index in [4.69, 9.17) is 5.84 Å². The standard InChI is InChI=1S/C13H18N4/c1-17(2)9-12(16-14)11-7-3-5-10-6-4-8-15-13(10)11/h3-8,12,16H,9,14H2,1-2H3. The fourth-order valence-electron chi connectivity index (χ4n) is 2.01. The number of para-hydroxylation sites is 1. The Morgan fingerprint density at radius 2 is 2.06 bits per heavy atom. The Morgan fingerprint density at radius 3 is 2.76 bits per heavy atom. The Kier molecular flexibility index (Phi) is 3.68. The van der Waals surface area contributed by atoms with E-state index in [1.54, 1.807) is 0 Å². The van der Waals surface area contributed by atoms with Crippen LogP contribution in [0.3, 0.4) is 0 Å². The van der Waals surface area contributed by atoms with Crippen LogP contribution in [-0.4, -0.2) is 30.5 Å². The first-order chi connectivity index (χ1) is 8.22. The molecule has 1 aromatic heterocycles. The third-order valence-corrected chi connectivity index (χ3v) is 2.79. The minimum atomic E-state index is 0.0867. The summed E-state index contributed by atoms with van der Waals surface area (Å²) >= 11 is 0. The molecular weight excluding hydrogens is 212 g/mol. The Labute approximate surface area is 101 Å². The van der Waals surface area contributed by atoms with Crippen molar-refractivity contribution in [2.45, 2.75) is 6.04 Å². The van der Waals surface area contributed by atoms with Crippen molar-refractivity contribution in [1.82, 2.24) is 15.3 Å². The van der Waals surface area contributed by atoms with E-state index >= 15 is 0 Å². The predicted octanol–water partition coefficient (Wildman–Crippen LogP) is 1.30. The van der Waals surface area contributed by atoms with Crippen molar-refractivity contribution >= 4 is 10.9 Å². The number of hydrogen-bond acceptors (Lipinski definition) is 4. The lowest BCUT2D eigenvalue weighted by Gasteiger charge is -2.21. The zero-order valence-corrected chi connectivity index (χ0v) is 10.2. The van der Waals surface area contributed by atoms with Gasteiger partial charge in [0.1, 0.15) is 0 Å². The molecule has 0 aliphatic heterocycles. The second kappa shape index (κ2) is 5.23. The smallest absolute Gasteiger partial charge is 0.0750 e. The summed E-state index contributed by atoms with van der Waals surface area (Å²) in [6.45, 7) is 0.839. The fourth-order valence-corrected chi connectivity index (χ4v) is 2.01. The first-order valence-corrected chi connectivity index (χ1v) is 5.67. The van der Waals surface area contributed by atoms with E-state index in [9.17, 15) is 0 Å². The molecule has 3 N–H and O–H groups in total. The molecule has 0 spiro atoms. The molecule has 1 heterocycles. The van der Waals surface area contributed by atoms with E-state index in [2.05, 4.69) is 33.5 Å². The van der Waals surface area contributed by atoms with Crippen molar-refractivity contribution in [2.75, 3.05) is 20.6 Å². The lowest BCUT2D eigenvalue weighted by Crippen LogP contribution is -2.35. The van der Waals surface area contributed by atoms with Crippen LogP contribution in [-0.2, 0) is 0 Å². The van der Waals surface area contributed by atoms with Crippen molar-refractivity contribution in [3.63, 3.8) is 0 Å². The van der Waals surface area contributed by atoms with Gasteiger partial charge >= 0.3 is 0 Å². The second-order valence-corrected chi connectivity index (χ2v) is 4.40. The van der Waals surface area contributed by atoms with Gasteiger partial charge in [0, 0.05) is 18.1 Å². The van der Waals surface area contributed by atoms with Gasteiger partial charge in [-0.2, -0.15) is 0 Å². The summed E-state index contributed by atoms with van der Waals surface area (Å²) in [5.41, 5.74) is 5.01. The number of hydrogen-bond donors (Lipinski definition) is 2. The highest BCUT2D eigenvalue weighted by Crippen LogP contribution is 2.22. The molecule has 0 saturated carbocycles. The molecule has 0 saturated heterocycles. The molecule has 2 rings (SSSR count). The van der Waals surface area contributed by atoms with Crippen LogP contribution in [0.4, 0.5) is 0 Å². The Hall–Kier alpha value is -1.49. The highest BCUT2D eigenvalue weighted by Gasteiger charge is 2.14. The number of nitrogens with two attached hydrogens (primary N) is 1. The third kappa shape index (κ3) is 2.61. The highest BCUT2D eigenvalue weighted by molar-refractivity contribution is 5.82. The predicted molar refractivity (Wildman–Crippen MR) is 70.4 cm³/mol. The van der Waals surface area contributed by atoms with E-state index in [1.165, 1.54) is 0 Å². The normalized spacial score (nSPS) is 13.2. The Balaban J connectivity index is 2.46. The van der Waals surface area contributed by atoms with Crippen LogP contribution in [0, 0.1) is 0 Å². The zero-order valence-electron chi connectivity index (χ0n) is 10.2. The van der Waals surface area contributed by atoms with Gasteiger partial charge in [-0.1, -0.05) is 24.3 Å². The molecule has 0 bridgehead atoms. The maximum Gasteiger partial charge on any atom is 0.0750 e. The van der Waals surface area contributed by atoms with Gasteiger partial charge in [-0.3, -0.25) is 16.3 Å². The number of pyridine rings is 1. The molecule has 4 nitrogen and oxygen atoms in total. The molecule has 90 valence electrons. The second-order valence-electron chi connectivity index (χ2n) is 4.40.